The average molecular weight is 215 g/mol. The molecule has 0 aromatic rings. The van der Waals surface area contributed by atoms with Gasteiger partial charge in [-0.15, -0.1) is 12.4 Å². The molecule has 0 saturated heterocycles. The van der Waals surface area contributed by atoms with Crippen molar-refractivity contribution in [2.24, 2.45) is 11.5 Å². The van der Waals surface area contributed by atoms with Crippen molar-refractivity contribution in [1.82, 2.24) is 0 Å². The van der Waals surface area contributed by atoms with E-state index in [1.54, 1.807) is 0 Å². The van der Waals surface area contributed by atoms with E-state index in [4.69, 9.17) is 21.7 Å². The summed E-state index contributed by atoms with van der Waals surface area (Å²) in [5.41, 5.74) is 10.7. The zero-order valence-corrected chi connectivity index (χ0v) is 7.63. The van der Waals surface area contributed by atoms with Crippen molar-refractivity contribution >= 4 is 12.4 Å². The summed E-state index contributed by atoms with van der Waals surface area (Å²) in [6.45, 7) is 0. The molecule has 6 atom stereocenters. The van der Waals surface area contributed by atoms with E-state index in [9.17, 15) is 10.2 Å². The van der Waals surface area contributed by atoms with Crippen LogP contribution in [0.2, 0.25) is 0 Å². The van der Waals surface area contributed by atoms with Crippen LogP contribution < -0.4 is 11.5 Å². The van der Waals surface area contributed by atoms with Gasteiger partial charge in [-0.1, -0.05) is 0 Å². The lowest BCUT2D eigenvalue weighted by Gasteiger charge is -2.40. The Hall–Kier alpha value is 0.0500. The highest BCUT2D eigenvalue weighted by molar-refractivity contribution is 5.85. The van der Waals surface area contributed by atoms with Crippen LogP contribution in [0.4, 0.5) is 0 Å². The number of aliphatic hydroxyl groups is 4. The summed E-state index contributed by atoms with van der Waals surface area (Å²) in [4.78, 5) is 0. The normalized spacial score (nSPS) is 51.2. The van der Waals surface area contributed by atoms with Gasteiger partial charge in [-0.05, 0) is 0 Å². The third kappa shape index (κ3) is 2.10. The van der Waals surface area contributed by atoms with Crippen LogP contribution in [0.5, 0.6) is 0 Å². The number of rotatable bonds is 0. The first-order valence-corrected chi connectivity index (χ1v) is 3.70. The van der Waals surface area contributed by atoms with Crippen LogP contribution in [0.15, 0.2) is 0 Å². The molecule has 6 nitrogen and oxygen atoms in total. The molecule has 1 aliphatic rings. The average Bonchev–Trinajstić information content (AvgIpc) is 2.08. The van der Waals surface area contributed by atoms with Gasteiger partial charge >= 0.3 is 0 Å². The summed E-state index contributed by atoms with van der Waals surface area (Å²) in [7, 11) is 0. The maximum atomic E-state index is 9.18. The Bertz CT molecular complexity index is 114. The first-order valence-electron chi connectivity index (χ1n) is 3.70. The van der Waals surface area contributed by atoms with Crippen molar-refractivity contribution < 1.29 is 20.4 Å². The minimum absolute atomic E-state index is 0. The Morgan fingerprint density at radius 2 is 0.846 bits per heavy atom. The van der Waals surface area contributed by atoms with Crippen molar-refractivity contribution in [3.63, 3.8) is 0 Å². The van der Waals surface area contributed by atoms with E-state index >= 15 is 0 Å². The number of aliphatic hydroxyl groups excluding tert-OH is 4. The van der Waals surface area contributed by atoms with E-state index in [1.807, 2.05) is 0 Å². The van der Waals surface area contributed by atoms with Crippen molar-refractivity contribution in [2.75, 3.05) is 0 Å². The Kier molecular flexibility index (Phi) is 4.53. The Morgan fingerprint density at radius 3 is 1.08 bits per heavy atom. The van der Waals surface area contributed by atoms with E-state index in [1.165, 1.54) is 0 Å². The summed E-state index contributed by atoms with van der Waals surface area (Å²) >= 11 is 0. The van der Waals surface area contributed by atoms with Crippen LogP contribution in [-0.4, -0.2) is 56.9 Å². The summed E-state index contributed by atoms with van der Waals surface area (Å²) in [5.74, 6) is 0. The lowest BCUT2D eigenvalue weighted by molar-refractivity contribution is -0.149. The van der Waals surface area contributed by atoms with E-state index in [-0.39, 0.29) is 12.4 Å². The number of nitrogens with two attached hydrogens (primary N) is 2. The van der Waals surface area contributed by atoms with E-state index < -0.39 is 36.5 Å². The lowest BCUT2D eigenvalue weighted by Crippen LogP contribution is -2.69. The second-order valence-corrected chi connectivity index (χ2v) is 3.12. The standard InChI is InChI=1S/C6H14N2O4.ClH/c7-1-2(8)4(10)6(12)5(11)3(1)9;/h1-6,9-12H,7-8H2;1H. The van der Waals surface area contributed by atoms with Crippen molar-refractivity contribution in [3.8, 4) is 0 Å². The second kappa shape index (κ2) is 4.52. The molecule has 0 bridgehead atoms. The second-order valence-electron chi connectivity index (χ2n) is 3.12. The predicted octanol–water partition coefficient (Wildman–Crippen LogP) is -3.48. The fourth-order valence-corrected chi connectivity index (χ4v) is 1.31. The van der Waals surface area contributed by atoms with Gasteiger partial charge in [0.15, 0.2) is 0 Å². The van der Waals surface area contributed by atoms with Gasteiger partial charge in [0, 0.05) is 0 Å². The molecular weight excluding hydrogens is 200 g/mol. The Morgan fingerprint density at radius 1 is 0.615 bits per heavy atom. The van der Waals surface area contributed by atoms with E-state index in [0.29, 0.717) is 0 Å². The maximum Gasteiger partial charge on any atom is 0.110 e. The molecule has 1 aliphatic carbocycles. The van der Waals surface area contributed by atoms with Crippen LogP contribution in [0.3, 0.4) is 0 Å². The van der Waals surface area contributed by atoms with Crippen molar-refractivity contribution in [1.29, 1.82) is 0 Å². The van der Waals surface area contributed by atoms with Gasteiger partial charge in [0.25, 0.3) is 0 Å². The molecule has 0 aromatic heterocycles. The van der Waals surface area contributed by atoms with Crippen LogP contribution in [0.25, 0.3) is 0 Å². The molecule has 8 N–H and O–H groups in total. The van der Waals surface area contributed by atoms with Crippen molar-refractivity contribution in [2.45, 2.75) is 36.5 Å². The quantitative estimate of drug-likeness (QED) is 0.248. The van der Waals surface area contributed by atoms with Gasteiger partial charge in [-0.25, -0.2) is 0 Å². The molecule has 0 aromatic carbocycles. The van der Waals surface area contributed by atoms with Gasteiger partial charge in [0.05, 0.1) is 24.3 Å². The molecule has 1 saturated carbocycles. The molecular formula is C6H15ClN2O4. The fourth-order valence-electron chi connectivity index (χ4n) is 1.31. The largest absolute Gasteiger partial charge is 0.389 e. The van der Waals surface area contributed by atoms with Crippen LogP contribution >= 0.6 is 12.4 Å². The smallest absolute Gasteiger partial charge is 0.110 e. The Balaban J connectivity index is 0.00000144. The molecule has 0 aliphatic heterocycles. The van der Waals surface area contributed by atoms with E-state index in [2.05, 4.69) is 0 Å². The summed E-state index contributed by atoms with van der Waals surface area (Å²) in [6, 6.07) is -1.84. The van der Waals surface area contributed by atoms with Crippen LogP contribution in [0, 0.1) is 0 Å². The molecule has 0 heterocycles. The van der Waals surface area contributed by atoms with E-state index in [0.717, 1.165) is 0 Å². The highest BCUT2D eigenvalue weighted by Crippen LogP contribution is 2.18. The number of halogens is 1. The van der Waals surface area contributed by atoms with Gasteiger partial charge in [-0.2, -0.15) is 0 Å². The first-order chi connectivity index (χ1) is 5.46. The Labute approximate surface area is 81.6 Å². The summed E-state index contributed by atoms with van der Waals surface area (Å²) in [6.07, 6.45) is -5.46. The third-order valence-electron chi connectivity index (χ3n) is 2.28. The highest BCUT2D eigenvalue weighted by Gasteiger charge is 2.45. The molecule has 13 heavy (non-hydrogen) atoms. The topological polar surface area (TPSA) is 133 Å². The monoisotopic (exact) mass is 214 g/mol. The zero-order chi connectivity index (χ0) is 9.46. The van der Waals surface area contributed by atoms with Crippen LogP contribution in [-0.2, 0) is 0 Å². The fraction of sp³-hybridized carbons (Fsp3) is 1.00. The molecule has 80 valence electrons. The molecule has 0 radical (unpaired) electrons. The predicted molar refractivity (Wildman–Crippen MR) is 47.2 cm³/mol. The minimum Gasteiger partial charge on any atom is -0.389 e. The highest BCUT2D eigenvalue weighted by atomic mass is 35.5. The maximum absolute atomic E-state index is 9.18. The van der Waals surface area contributed by atoms with Crippen molar-refractivity contribution in [3.05, 3.63) is 0 Å². The number of hydrogen-bond acceptors (Lipinski definition) is 6. The summed E-state index contributed by atoms with van der Waals surface area (Å²) in [5, 5.41) is 36.6. The van der Waals surface area contributed by atoms with Crippen LogP contribution in [0.1, 0.15) is 0 Å². The zero-order valence-electron chi connectivity index (χ0n) is 6.82. The first kappa shape index (κ1) is 13.1. The van der Waals surface area contributed by atoms with Gasteiger partial charge in [0.1, 0.15) is 12.2 Å². The molecule has 0 spiro atoms. The molecule has 6 unspecified atom stereocenters. The third-order valence-corrected chi connectivity index (χ3v) is 2.28. The molecule has 1 rings (SSSR count). The van der Waals surface area contributed by atoms with Gasteiger partial charge in [-0.3, -0.25) is 0 Å². The van der Waals surface area contributed by atoms with Gasteiger partial charge < -0.3 is 31.9 Å². The molecule has 0 amide bonds. The minimum atomic E-state index is -1.44. The number of hydrogen-bond donors (Lipinski definition) is 6. The summed E-state index contributed by atoms with van der Waals surface area (Å²) < 4.78 is 0. The lowest BCUT2D eigenvalue weighted by atomic mass is 9.82. The molecule has 7 heteroatoms. The molecule has 1 fully saturated rings. The SMILES string of the molecule is Cl.NC1C(N)C(O)C(O)C(O)C1O. The van der Waals surface area contributed by atoms with Gasteiger partial charge in [0.2, 0.25) is 0 Å².